The van der Waals surface area contributed by atoms with Gasteiger partial charge in [0, 0.05) is 18.2 Å². The maximum absolute atomic E-state index is 6.20. The van der Waals surface area contributed by atoms with Crippen molar-refractivity contribution in [1.29, 1.82) is 0 Å². The lowest BCUT2D eigenvalue weighted by molar-refractivity contribution is 0.207. The van der Waals surface area contributed by atoms with E-state index in [4.69, 9.17) is 15.2 Å². The van der Waals surface area contributed by atoms with Gasteiger partial charge in [0.15, 0.2) is 5.96 Å². The van der Waals surface area contributed by atoms with Crippen molar-refractivity contribution in [2.45, 2.75) is 57.6 Å². The molecule has 0 radical (unpaired) electrons. The molecule has 2 fully saturated rings. The lowest BCUT2D eigenvalue weighted by Crippen LogP contribution is -2.37. The van der Waals surface area contributed by atoms with Crippen molar-refractivity contribution < 1.29 is 9.47 Å². The van der Waals surface area contributed by atoms with Gasteiger partial charge in [-0.05, 0) is 56.6 Å². The monoisotopic (exact) mass is 459 g/mol. The lowest BCUT2D eigenvalue weighted by Gasteiger charge is -2.25. The summed E-state index contributed by atoms with van der Waals surface area (Å²) in [5, 5.41) is 3.23. The first-order valence-electron chi connectivity index (χ1n) is 9.12. The summed E-state index contributed by atoms with van der Waals surface area (Å²) in [6.07, 6.45) is 9.03. The fourth-order valence-electron chi connectivity index (χ4n) is 3.26. The number of halogens is 1. The summed E-state index contributed by atoms with van der Waals surface area (Å²) in [7, 11) is 1.68. The Labute approximate surface area is 167 Å². The van der Waals surface area contributed by atoms with Crippen LogP contribution >= 0.6 is 24.0 Å². The first kappa shape index (κ1) is 20.1. The van der Waals surface area contributed by atoms with E-state index in [1.54, 1.807) is 7.11 Å². The van der Waals surface area contributed by atoms with Crippen LogP contribution in [0.5, 0.6) is 11.5 Å². The molecule has 2 aliphatic carbocycles. The van der Waals surface area contributed by atoms with Crippen LogP contribution in [0.3, 0.4) is 0 Å². The summed E-state index contributed by atoms with van der Waals surface area (Å²) in [6, 6.07) is 5.93. The van der Waals surface area contributed by atoms with Gasteiger partial charge in [0.1, 0.15) is 11.5 Å². The Hall–Kier alpha value is -1.18. The highest BCUT2D eigenvalue weighted by atomic mass is 127. The van der Waals surface area contributed by atoms with Crippen LogP contribution in [0.1, 0.15) is 50.5 Å². The number of rotatable bonds is 7. The Kier molecular flexibility index (Phi) is 8.12. The van der Waals surface area contributed by atoms with Gasteiger partial charge < -0.3 is 20.5 Å². The predicted octanol–water partition coefficient (Wildman–Crippen LogP) is 3.84. The molecule has 0 amide bonds. The number of nitrogens with zero attached hydrogens (tertiary/aromatic N) is 1. The Morgan fingerprint density at radius 2 is 1.96 bits per heavy atom. The standard InChI is InChI=1S/C19H29N3O2.HI/c1-23-17-10-9-15(18(11-17)24-16-7-2-3-8-16)13-22-19(20)21-12-14-5-4-6-14;/h9-11,14,16H,2-8,12-13H2,1H3,(H3,20,21,22);1H. The summed E-state index contributed by atoms with van der Waals surface area (Å²) in [5.41, 5.74) is 7.04. The van der Waals surface area contributed by atoms with Gasteiger partial charge in [0.2, 0.25) is 0 Å². The van der Waals surface area contributed by atoms with Crippen LogP contribution in [0.25, 0.3) is 0 Å². The normalized spacial score (nSPS) is 18.4. The third kappa shape index (κ3) is 5.94. The van der Waals surface area contributed by atoms with Crippen LogP contribution in [0.2, 0.25) is 0 Å². The summed E-state index contributed by atoms with van der Waals surface area (Å²) in [6.45, 7) is 1.46. The second-order valence-corrected chi connectivity index (χ2v) is 6.88. The number of ether oxygens (including phenoxy) is 2. The predicted molar refractivity (Wildman–Crippen MR) is 112 cm³/mol. The van der Waals surface area contributed by atoms with Crippen molar-refractivity contribution in [3.63, 3.8) is 0 Å². The highest BCUT2D eigenvalue weighted by Crippen LogP contribution is 2.30. The Bertz CT molecular complexity index is 570. The van der Waals surface area contributed by atoms with Crippen molar-refractivity contribution in [2.75, 3.05) is 13.7 Å². The molecule has 3 N–H and O–H groups in total. The fourth-order valence-corrected chi connectivity index (χ4v) is 3.26. The van der Waals surface area contributed by atoms with E-state index >= 15 is 0 Å². The van der Waals surface area contributed by atoms with Crippen molar-refractivity contribution >= 4 is 29.9 Å². The number of hydrogen-bond acceptors (Lipinski definition) is 3. The minimum Gasteiger partial charge on any atom is -0.497 e. The molecule has 0 bridgehead atoms. The van der Waals surface area contributed by atoms with Gasteiger partial charge in [-0.25, -0.2) is 4.99 Å². The Morgan fingerprint density at radius 3 is 2.60 bits per heavy atom. The number of methoxy groups -OCH3 is 1. The number of nitrogens with two attached hydrogens (primary N) is 1. The molecule has 140 valence electrons. The van der Waals surface area contributed by atoms with Crippen molar-refractivity contribution in [1.82, 2.24) is 5.32 Å². The second-order valence-electron chi connectivity index (χ2n) is 6.88. The van der Waals surface area contributed by atoms with Crippen molar-refractivity contribution in [3.05, 3.63) is 23.8 Å². The topological polar surface area (TPSA) is 68.9 Å². The molecule has 2 saturated carbocycles. The highest BCUT2D eigenvalue weighted by Gasteiger charge is 2.19. The van der Waals surface area contributed by atoms with E-state index in [-0.39, 0.29) is 24.0 Å². The smallest absolute Gasteiger partial charge is 0.188 e. The Morgan fingerprint density at radius 1 is 1.20 bits per heavy atom. The molecular formula is C19H30IN3O2. The Balaban J connectivity index is 0.00000225. The van der Waals surface area contributed by atoms with E-state index in [9.17, 15) is 0 Å². The van der Waals surface area contributed by atoms with Gasteiger partial charge in [-0.2, -0.15) is 0 Å². The van der Waals surface area contributed by atoms with Crippen molar-refractivity contribution in [3.8, 4) is 11.5 Å². The minimum atomic E-state index is 0. The van der Waals surface area contributed by atoms with E-state index < -0.39 is 0 Å². The van der Waals surface area contributed by atoms with Gasteiger partial charge in [-0.1, -0.05) is 6.42 Å². The molecule has 3 rings (SSSR count). The average Bonchev–Trinajstić information content (AvgIpc) is 3.05. The quantitative estimate of drug-likeness (QED) is 0.370. The molecule has 0 heterocycles. The molecule has 2 aliphatic rings. The molecule has 25 heavy (non-hydrogen) atoms. The fraction of sp³-hybridized carbons (Fsp3) is 0.632. The second kappa shape index (κ2) is 10.1. The molecule has 1 aromatic rings. The van der Waals surface area contributed by atoms with E-state index in [1.165, 1.54) is 32.1 Å². The molecule has 5 nitrogen and oxygen atoms in total. The maximum atomic E-state index is 6.20. The van der Waals surface area contributed by atoms with Gasteiger partial charge >= 0.3 is 0 Å². The molecule has 6 heteroatoms. The zero-order valence-corrected chi connectivity index (χ0v) is 17.3. The first-order chi connectivity index (χ1) is 11.7. The van der Waals surface area contributed by atoms with Gasteiger partial charge in [-0.3, -0.25) is 0 Å². The molecule has 0 aromatic heterocycles. The zero-order valence-electron chi connectivity index (χ0n) is 15.0. The molecule has 0 spiro atoms. The van der Waals surface area contributed by atoms with Crippen LogP contribution in [0.15, 0.2) is 23.2 Å². The van der Waals surface area contributed by atoms with Crippen LogP contribution in [-0.2, 0) is 6.54 Å². The van der Waals surface area contributed by atoms with E-state index in [2.05, 4.69) is 10.3 Å². The van der Waals surface area contributed by atoms with Gasteiger partial charge in [0.05, 0.1) is 19.8 Å². The molecule has 1 aromatic carbocycles. The highest BCUT2D eigenvalue weighted by molar-refractivity contribution is 14.0. The van der Waals surface area contributed by atoms with Crippen LogP contribution in [0, 0.1) is 5.92 Å². The molecule has 0 atom stereocenters. The third-order valence-corrected chi connectivity index (χ3v) is 5.09. The summed E-state index contributed by atoms with van der Waals surface area (Å²) >= 11 is 0. The number of guanidine groups is 1. The van der Waals surface area contributed by atoms with E-state index in [0.717, 1.165) is 42.4 Å². The summed E-state index contributed by atoms with van der Waals surface area (Å²) in [4.78, 5) is 4.48. The molecule has 0 aliphatic heterocycles. The third-order valence-electron chi connectivity index (χ3n) is 5.09. The van der Waals surface area contributed by atoms with Crippen LogP contribution < -0.4 is 20.5 Å². The summed E-state index contributed by atoms with van der Waals surface area (Å²) in [5.74, 6) is 2.97. The molecular weight excluding hydrogens is 429 g/mol. The van der Waals surface area contributed by atoms with E-state index in [1.807, 2.05) is 18.2 Å². The van der Waals surface area contributed by atoms with E-state index in [0.29, 0.717) is 18.6 Å². The molecule has 0 saturated heterocycles. The number of nitrogens with one attached hydrogen (secondary N) is 1. The number of benzene rings is 1. The van der Waals surface area contributed by atoms with Crippen LogP contribution in [-0.4, -0.2) is 25.7 Å². The zero-order chi connectivity index (χ0) is 16.8. The SMILES string of the molecule is COc1ccc(CN=C(N)NCC2CCC2)c(OC2CCCC2)c1.I. The van der Waals surface area contributed by atoms with Gasteiger partial charge in [0.25, 0.3) is 0 Å². The summed E-state index contributed by atoms with van der Waals surface area (Å²) < 4.78 is 11.5. The van der Waals surface area contributed by atoms with Gasteiger partial charge in [-0.15, -0.1) is 24.0 Å². The number of aliphatic imine (C=N–C) groups is 1. The molecule has 0 unspecified atom stereocenters. The average molecular weight is 459 g/mol. The minimum absolute atomic E-state index is 0. The number of hydrogen-bond donors (Lipinski definition) is 2. The lowest BCUT2D eigenvalue weighted by atomic mass is 9.85. The van der Waals surface area contributed by atoms with Crippen LogP contribution in [0.4, 0.5) is 0 Å². The first-order valence-corrected chi connectivity index (χ1v) is 9.12. The maximum Gasteiger partial charge on any atom is 0.188 e. The van der Waals surface area contributed by atoms with Crippen molar-refractivity contribution in [2.24, 2.45) is 16.6 Å². The largest absolute Gasteiger partial charge is 0.497 e.